The second kappa shape index (κ2) is 7.85. The lowest BCUT2D eigenvalue weighted by molar-refractivity contribution is 0.306. The summed E-state index contributed by atoms with van der Waals surface area (Å²) < 4.78 is 6.98. The lowest BCUT2D eigenvalue weighted by atomic mass is 9.94. The Balaban J connectivity index is 1.57. The molecule has 0 saturated carbocycles. The molecular formula is C22H25BrN2O. The molecule has 0 saturated heterocycles. The van der Waals surface area contributed by atoms with Gasteiger partial charge < -0.3 is 15.0 Å². The lowest BCUT2D eigenvalue weighted by Crippen LogP contribution is -2.30. The van der Waals surface area contributed by atoms with E-state index in [1.807, 2.05) is 0 Å². The molecule has 2 aromatic carbocycles. The number of unbranched alkanes of at least 4 members (excludes halogenated alkanes) is 2. The molecule has 1 atom stereocenters. The van der Waals surface area contributed by atoms with Crippen molar-refractivity contribution in [2.45, 2.75) is 38.6 Å². The van der Waals surface area contributed by atoms with Crippen LogP contribution in [0.2, 0.25) is 0 Å². The average Bonchev–Trinajstić information content (AvgIpc) is 3.04. The minimum absolute atomic E-state index is 0.207. The van der Waals surface area contributed by atoms with Gasteiger partial charge in [0.15, 0.2) is 0 Å². The predicted octanol–water partition coefficient (Wildman–Crippen LogP) is 5.73. The summed E-state index contributed by atoms with van der Waals surface area (Å²) in [6.45, 7) is 4.01. The molecule has 1 aliphatic rings. The molecule has 0 radical (unpaired) electrons. The second-order valence-electron chi connectivity index (χ2n) is 6.97. The van der Waals surface area contributed by atoms with E-state index < -0.39 is 0 Å². The van der Waals surface area contributed by atoms with Crippen LogP contribution in [-0.4, -0.2) is 18.1 Å². The maximum atomic E-state index is 5.85. The van der Waals surface area contributed by atoms with Crippen molar-refractivity contribution in [2.75, 3.05) is 13.2 Å². The topological polar surface area (TPSA) is 37.0 Å². The van der Waals surface area contributed by atoms with E-state index in [0.29, 0.717) is 0 Å². The van der Waals surface area contributed by atoms with Crippen molar-refractivity contribution in [3.05, 3.63) is 63.8 Å². The molecule has 26 heavy (non-hydrogen) atoms. The first-order valence-corrected chi connectivity index (χ1v) is 10.3. The van der Waals surface area contributed by atoms with Gasteiger partial charge in [-0.2, -0.15) is 0 Å². The highest BCUT2D eigenvalue weighted by Crippen LogP contribution is 2.35. The largest absolute Gasteiger partial charge is 0.494 e. The van der Waals surface area contributed by atoms with E-state index in [2.05, 4.69) is 75.6 Å². The van der Waals surface area contributed by atoms with E-state index in [1.165, 1.54) is 40.6 Å². The molecule has 1 aliphatic heterocycles. The Morgan fingerprint density at radius 3 is 2.77 bits per heavy atom. The Hall–Kier alpha value is -1.78. The minimum Gasteiger partial charge on any atom is -0.494 e. The number of rotatable bonds is 6. The fourth-order valence-corrected chi connectivity index (χ4v) is 4.14. The quantitative estimate of drug-likeness (QED) is 0.506. The number of aromatic nitrogens is 1. The number of benzene rings is 2. The molecule has 0 spiro atoms. The summed E-state index contributed by atoms with van der Waals surface area (Å²) in [7, 11) is 0. The number of hydrogen-bond donors (Lipinski definition) is 2. The van der Waals surface area contributed by atoms with Crippen molar-refractivity contribution < 1.29 is 4.74 Å². The molecule has 1 aromatic heterocycles. The fourth-order valence-electron chi connectivity index (χ4n) is 3.78. The van der Waals surface area contributed by atoms with Gasteiger partial charge >= 0.3 is 0 Å². The predicted molar refractivity (Wildman–Crippen MR) is 111 cm³/mol. The molecular weight excluding hydrogens is 388 g/mol. The van der Waals surface area contributed by atoms with Crippen LogP contribution < -0.4 is 10.1 Å². The number of ether oxygens (including phenoxy) is 1. The molecule has 0 aliphatic carbocycles. The van der Waals surface area contributed by atoms with Crippen LogP contribution in [-0.2, 0) is 6.42 Å². The molecule has 136 valence electrons. The first-order chi connectivity index (χ1) is 12.8. The molecule has 4 heteroatoms. The maximum Gasteiger partial charge on any atom is 0.119 e. The van der Waals surface area contributed by atoms with Crippen molar-refractivity contribution in [1.82, 2.24) is 10.3 Å². The van der Waals surface area contributed by atoms with Crippen LogP contribution in [0.1, 0.15) is 49.0 Å². The molecule has 4 rings (SSSR count). The number of aromatic amines is 1. The monoisotopic (exact) mass is 412 g/mol. The van der Waals surface area contributed by atoms with Crippen LogP contribution in [0.3, 0.4) is 0 Å². The number of H-pyrrole nitrogens is 1. The Kier molecular flexibility index (Phi) is 5.32. The Morgan fingerprint density at radius 1 is 1.12 bits per heavy atom. The minimum atomic E-state index is 0.207. The third kappa shape index (κ3) is 3.53. The van der Waals surface area contributed by atoms with Crippen LogP contribution >= 0.6 is 15.9 Å². The zero-order valence-corrected chi connectivity index (χ0v) is 16.7. The number of fused-ring (bicyclic) bond motifs is 3. The number of hydrogen-bond acceptors (Lipinski definition) is 2. The lowest BCUT2D eigenvalue weighted by Gasteiger charge is -2.25. The summed E-state index contributed by atoms with van der Waals surface area (Å²) >= 11 is 3.60. The van der Waals surface area contributed by atoms with Crippen molar-refractivity contribution in [3.8, 4) is 5.75 Å². The van der Waals surface area contributed by atoms with Gasteiger partial charge in [0.05, 0.1) is 12.6 Å². The summed E-state index contributed by atoms with van der Waals surface area (Å²) in [5, 5.41) is 4.99. The summed E-state index contributed by atoms with van der Waals surface area (Å²) in [4.78, 5) is 3.64. The van der Waals surface area contributed by atoms with E-state index in [4.69, 9.17) is 4.74 Å². The van der Waals surface area contributed by atoms with Gasteiger partial charge in [0, 0.05) is 27.6 Å². The van der Waals surface area contributed by atoms with Gasteiger partial charge in [-0.15, -0.1) is 0 Å². The average molecular weight is 413 g/mol. The highest BCUT2D eigenvalue weighted by Gasteiger charge is 2.25. The van der Waals surface area contributed by atoms with E-state index in [-0.39, 0.29) is 6.04 Å². The van der Waals surface area contributed by atoms with Gasteiger partial charge in [-0.05, 0) is 54.3 Å². The standard InChI is InChI=1S/C22H25BrN2O/c1-2-3-4-13-26-17-8-5-15(6-9-17)21-22-18(11-12-24-21)19-14-16(23)7-10-20(19)25-22/h5-10,14,21,24-25H,2-4,11-13H2,1H3. The normalized spacial score (nSPS) is 16.6. The van der Waals surface area contributed by atoms with Crippen molar-refractivity contribution in [1.29, 1.82) is 0 Å². The van der Waals surface area contributed by atoms with Crippen LogP contribution in [0.15, 0.2) is 46.9 Å². The van der Waals surface area contributed by atoms with Gasteiger partial charge in [-0.3, -0.25) is 0 Å². The molecule has 0 fully saturated rings. The summed E-state index contributed by atoms with van der Waals surface area (Å²) in [6.07, 6.45) is 4.62. The highest BCUT2D eigenvalue weighted by atomic mass is 79.9. The van der Waals surface area contributed by atoms with Gasteiger partial charge in [0.25, 0.3) is 0 Å². The van der Waals surface area contributed by atoms with Crippen molar-refractivity contribution in [2.24, 2.45) is 0 Å². The summed E-state index contributed by atoms with van der Waals surface area (Å²) in [5.74, 6) is 0.960. The fraction of sp³-hybridized carbons (Fsp3) is 0.364. The molecule has 3 aromatic rings. The van der Waals surface area contributed by atoms with E-state index in [9.17, 15) is 0 Å². The molecule has 0 bridgehead atoms. The Labute approximate surface area is 163 Å². The van der Waals surface area contributed by atoms with Gasteiger partial charge in [0.2, 0.25) is 0 Å². The molecule has 0 amide bonds. The van der Waals surface area contributed by atoms with E-state index >= 15 is 0 Å². The second-order valence-corrected chi connectivity index (χ2v) is 7.88. The first kappa shape index (κ1) is 17.6. The maximum absolute atomic E-state index is 5.85. The molecule has 3 nitrogen and oxygen atoms in total. The summed E-state index contributed by atoms with van der Waals surface area (Å²) in [6, 6.07) is 15.2. The summed E-state index contributed by atoms with van der Waals surface area (Å²) in [5.41, 5.74) is 5.21. The third-order valence-electron chi connectivity index (χ3n) is 5.14. The van der Waals surface area contributed by atoms with Gasteiger partial charge in [-0.25, -0.2) is 0 Å². The Morgan fingerprint density at radius 2 is 1.96 bits per heavy atom. The third-order valence-corrected chi connectivity index (χ3v) is 5.64. The van der Waals surface area contributed by atoms with Crippen LogP contribution in [0, 0.1) is 0 Å². The van der Waals surface area contributed by atoms with Crippen LogP contribution in [0.4, 0.5) is 0 Å². The van der Waals surface area contributed by atoms with Gasteiger partial charge in [0.1, 0.15) is 5.75 Å². The van der Waals surface area contributed by atoms with Crippen molar-refractivity contribution >= 4 is 26.8 Å². The molecule has 2 N–H and O–H groups in total. The van der Waals surface area contributed by atoms with Crippen LogP contribution in [0.5, 0.6) is 5.75 Å². The van der Waals surface area contributed by atoms with E-state index in [1.54, 1.807) is 0 Å². The zero-order chi connectivity index (χ0) is 17.9. The zero-order valence-electron chi connectivity index (χ0n) is 15.1. The van der Waals surface area contributed by atoms with Gasteiger partial charge in [-0.1, -0.05) is 47.8 Å². The van der Waals surface area contributed by atoms with Crippen LogP contribution in [0.25, 0.3) is 10.9 Å². The first-order valence-electron chi connectivity index (χ1n) is 9.52. The highest BCUT2D eigenvalue weighted by molar-refractivity contribution is 9.10. The smallest absolute Gasteiger partial charge is 0.119 e. The van der Waals surface area contributed by atoms with Crippen molar-refractivity contribution in [3.63, 3.8) is 0 Å². The number of halogens is 1. The van der Waals surface area contributed by atoms with E-state index in [0.717, 1.165) is 36.2 Å². The SMILES string of the molecule is CCCCCOc1ccc(C2NCCc3c2[nH]c2ccc(Br)cc32)cc1. The number of nitrogens with one attached hydrogen (secondary N) is 2. The molecule has 1 unspecified atom stereocenters. The molecule has 2 heterocycles. The Bertz CT molecular complexity index is 885.